The molecule has 0 aliphatic heterocycles. The van der Waals surface area contributed by atoms with Crippen LogP contribution in [-0.4, -0.2) is 29.7 Å². The topological polar surface area (TPSA) is 78.4 Å². The summed E-state index contributed by atoms with van der Waals surface area (Å²) in [6.07, 6.45) is 6.44. The molecule has 0 aromatic rings. The van der Waals surface area contributed by atoms with Gasteiger partial charge in [-0.25, -0.2) is 4.79 Å². The molecule has 2 unspecified atom stereocenters. The lowest BCUT2D eigenvalue weighted by Crippen LogP contribution is -2.46. The summed E-state index contributed by atoms with van der Waals surface area (Å²) in [5.41, 5.74) is -0.761. The van der Waals surface area contributed by atoms with Gasteiger partial charge in [-0.1, -0.05) is 32.6 Å². The Morgan fingerprint density at radius 2 is 1.79 bits per heavy atom. The van der Waals surface area contributed by atoms with Gasteiger partial charge < -0.3 is 15.7 Å². The number of aliphatic carboxylic acids is 1. The second kappa shape index (κ2) is 5.80. The third-order valence-corrected chi connectivity index (χ3v) is 4.53. The Morgan fingerprint density at radius 1 is 1.21 bits per heavy atom. The quantitative estimate of drug-likeness (QED) is 0.683. The highest BCUT2D eigenvalue weighted by atomic mass is 16.4. The van der Waals surface area contributed by atoms with Gasteiger partial charge in [0.2, 0.25) is 0 Å². The molecule has 2 atom stereocenters. The summed E-state index contributed by atoms with van der Waals surface area (Å²) < 4.78 is 0. The van der Waals surface area contributed by atoms with Crippen LogP contribution in [0.2, 0.25) is 0 Å². The van der Waals surface area contributed by atoms with Crippen molar-refractivity contribution in [2.24, 2.45) is 11.3 Å². The molecule has 5 heteroatoms. The summed E-state index contributed by atoms with van der Waals surface area (Å²) in [6.45, 7) is 2.34. The molecule has 19 heavy (non-hydrogen) atoms. The largest absolute Gasteiger partial charge is 0.481 e. The predicted molar refractivity (Wildman–Crippen MR) is 71.9 cm³/mol. The first-order valence-electron chi connectivity index (χ1n) is 7.31. The van der Waals surface area contributed by atoms with Crippen molar-refractivity contribution in [3.8, 4) is 0 Å². The van der Waals surface area contributed by atoms with Gasteiger partial charge in [-0.3, -0.25) is 4.79 Å². The van der Waals surface area contributed by atoms with Gasteiger partial charge >= 0.3 is 12.0 Å². The van der Waals surface area contributed by atoms with Crippen molar-refractivity contribution in [2.45, 2.75) is 57.9 Å². The van der Waals surface area contributed by atoms with Gasteiger partial charge in [0.05, 0.1) is 5.41 Å². The van der Waals surface area contributed by atoms with Crippen LogP contribution in [0, 0.1) is 11.3 Å². The van der Waals surface area contributed by atoms with Crippen molar-refractivity contribution in [1.82, 2.24) is 10.6 Å². The van der Waals surface area contributed by atoms with Gasteiger partial charge in [-0.2, -0.15) is 0 Å². The van der Waals surface area contributed by atoms with Crippen molar-refractivity contribution in [2.75, 3.05) is 6.54 Å². The molecule has 5 nitrogen and oxygen atoms in total. The zero-order valence-corrected chi connectivity index (χ0v) is 11.6. The summed E-state index contributed by atoms with van der Waals surface area (Å²) in [5, 5.41) is 15.1. The highest BCUT2D eigenvalue weighted by Gasteiger charge is 2.39. The normalized spacial score (nSPS) is 29.1. The number of carboxylic acids is 1. The second-order valence-corrected chi connectivity index (χ2v) is 6.15. The van der Waals surface area contributed by atoms with Crippen molar-refractivity contribution >= 4 is 12.0 Å². The number of carbonyl (C=O) groups excluding carboxylic acids is 1. The lowest BCUT2D eigenvalue weighted by atomic mass is 9.80. The summed E-state index contributed by atoms with van der Waals surface area (Å²) in [7, 11) is 0. The molecule has 108 valence electrons. The van der Waals surface area contributed by atoms with Crippen LogP contribution in [0.5, 0.6) is 0 Å². The van der Waals surface area contributed by atoms with Crippen molar-refractivity contribution in [3.63, 3.8) is 0 Å². The number of rotatable bonds is 4. The third-order valence-electron chi connectivity index (χ3n) is 4.53. The lowest BCUT2D eigenvalue weighted by molar-refractivity contribution is -0.149. The molecule has 2 aliphatic rings. The first kappa shape index (κ1) is 14.2. The smallest absolute Gasteiger partial charge is 0.315 e. The fourth-order valence-electron chi connectivity index (χ4n) is 2.86. The van der Waals surface area contributed by atoms with Gasteiger partial charge in [-0.05, 0) is 25.2 Å². The van der Waals surface area contributed by atoms with Crippen LogP contribution >= 0.6 is 0 Å². The van der Waals surface area contributed by atoms with Gasteiger partial charge in [0.25, 0.3) is 0 Å². The molecule has 0 spiro atoms. The zero-order chi connectivity index (χ0) is 13.9. The van der Waals surface area contributed by atoms with E-state index >= 15 is 0 Å². The zero-order valence-electron chi connectivity index (χ0n) is 11.6. The predicted octanol–water partition coefficient (Wildman–Crippen LogP) is 2.12. The number of hydrogen-bond donors (Lipinski definition) is 3. The maximum atomic E-state index is 11.7. The number of nitrogens with one attached hydrogen (secondary N) is 2. The summed E-state index contributed by atoms with van der Waals surface area (Å²) in [5.74, 6) is -0.216. The standard InChI is InChI=1S/C14H24N2O3/c1-10-8-11(10)16-13(19)15-9-14(12(17)18)6-4-2-3-5-7-14/h10-11H,2-9H2,1H3,(H,17,18)(H2,15,16,19). The molecule has 3 N–H and O–H groups in total. The highest BCUT2D eigenvalue weighted by Crippen LogP contribution is 2.35. The Morgan fingerprint density at radius 3 is 2.26 bits per heavy atom. The monoisotopic (exact) mass is 268 g/mol. The molecule has 0 bridgehead atoms. The number of urea groups is 1. The molecule has 2 aliphatic carbocycles. The molecule has 0 aromatic heterocycles. The van der Waals surface area contributed by atoms with Crippen LogP contribution in [0.3, 0.4) is 0 Å². The Bertz CT molecular complexity index is 349. The second-order valence-electron chi connectivity index (χ2n) is 6.15. The maximum Gasteiger partial charge on any atom is 0.315 e. The third kappa shape index (κ3) is 3.61. The van der Waals surface area contributed by atoms with Crippen LogP contribution in [0.25, 0.3) is 0 Å². The first-order valence-corrected chi connectivity index (χ1v) is 7.31. The minimum Gasteiger partial charge on any atom is -0.481 e. The molecule has 0 aromatic carbocycles. The first-order chi connectivity index (χ1) is 9.03. The van der Waals surface area contributed by atoms with E-state index in [1.54, 1.807) is 0 Å². The van der Waals surface area contributed by atoms with E-state index in [2.05, 4.69) is 17.6 Å². The number of amides is 2. The Labute approximate surface area is 114 Å². The molecule has 2 rings (SSSR count). The van der Waals surface area contributed by atoms with E-state index in [0.717, 1.165) is 32.1 Å². The van der Waals surface area contributed by atoms with Crippen LogP contribution in [0.4, 0.5) is 4.79 Å². The van der Waals surface area contributed by atoms with Crippen LogP contribution in [0.15, 0.2) is 0 Å². The molecular weight excluding hydrogens is 244 g/mol. The lowest BCUT2D eigenvalue weighted by Gasteiger charge is -2.28. The molecule has 0 radical (unpaired) electrons. The maximum absolute atomic E-state index is 11.7. The minimum absolute atomic E-state index is 0.223. The Kier molecular flexibility index (Phi) is 4.32. The van der Waals surface area contributed by atoms with Crippen molar-refractivity contribution in [1.29, 1.82) is 0 Å². The van der Waals surface area contributed by atoms with E-state index in [4.69, 9.17) is 0 Å². The number of carboxylic acid groups (broad SMARTS) is 1. The van der Waals surface area contributed by atoms with E-state index < -0.39 is 11.4 Å². The van der Waals surface area contributed by atoms with Crippen molar-refractivity contribution < 1.29 is 14.7 Å². The number of hydrogen-bond acceptors (Lipinski definition) is 2. The van der Waals surface area contributed by atoms with Gasteiger partial charge in [0, 0.05) is 12.6 Å². The summed E-state index contributed by atoms with van der Waals surface area (Å²) in [4.78, 5) is 23.3. The minimum atomic E-state index is -0.769. The Balaban J connectivity index is 1.85. The molecule has 0 heterocycles. The van der Waals surface area contributed by atoms with Gasteiger partial charge in [0.15, 0.2) is 0 Å². The summed E-state index contributed by atoms with van der Waals surface area (Å²) >= 11 is 0. The summed E-state index contributed by atoms with van der Waals surface area (Å²) in [6, 6.07) is 0.0501. The van der Waals surface area contributed by atoms with E-state index in [0.29, 0.717) is 18.8 Å². The number of carbonyl (C=O) groups is 2. The van der Waals surface area contributed by atoms with Crippen LogP contribution in [-0.2, 0) is 4.79 Å². The SMILES string of the molecule is CC1CC1NC(=O)NCC1(C(=O)O)CCCCCC1. The van der Waals surface area contributed by atoms with E-state index in [-0.39, 0.29) is 18.6 Å². The Hall–Kier alpha value is -1.26. The molecular formula is C14H24N2O3. The molecule has 0 saturated heterocycles. The van der Waals surface area contributed by atoms with Crippen molar-refractivity contribution in [3.05, 3.63) is 0 Å². The average Bonchev–Trinajstić information content (AvgIpc) is 3.09. The molecule has 2 amide bonds. The molecule has 2 saturated carbocycles. The fourth-order valence-corrected chi connectivity index (χ4v) is 2.86. The van der Waals surface area contributed by atoms with Crippen LogP contribution < -0.4 is 10.6 Å². The van der Waals surface area contributed by atoms with E-state index in [1.165, 1.54) is 0 Å². The van der Waals surface area contributed by atoms with E-state index in [9.17, 15) is 14.7 Å². The van der Waals surface area contributed by atoms with Crippen LogP contribution in [0.1, 0.15) is 51.9 Å². The fraction of sp³-hybridized carbons (Fsp3) is 0.857. The molecule has 2 fully saturated rings. The average molecular weight is 268 g/mol. The van der Waals surface area contributed by atoms with Gasteiger partial charge in [-0.15, -0.1) is 0 Å². The highest BCUT2D eigenvalue weighted by molar-refractivity contribution is 5.78. The van der Waals surface area contributed by atoms with Gasteiger partial charge in [0.1, 0.15) is 0 Å². The van der Waals surface area contributed by atoms with E-state index in [1.807, 2.05) is 0 Å².